The largest absolute Gasteiger partial charge is 0.411 e. The van der Waals surface area contributed by atoms with Crippen molar-refractivity contribution < 1.29 is 9.53 Å². The first-order valence-corrected chi connectivity index (χ1v) is 9.84. The Bertz CT molecular complexity index is 240. The van der Waals surface area contributed by atoms with Crippen LogP contribution in [0.15, 0.2) is 12.7 Å². The molecule has 0 rings (SSSR count). The second kappa shape index (κ2) is 8.23. The van der Waals surface area contributed by atoms with Gasteiger partial charge in [0.15, 0.2) is 0 Å². The molecule has 0 aromatic heterocycles. The van der Waals surface area contributed by atoms with Gasteiger partial charge in [-0.1, -0.05) is 54.5 Å². The fourth-order valence-electron chi connectivity index (χ4n) is 3.43. The summed E-state index contributed by atoms with van der Waals surface area (Å²) in [6.07, 6.45) is 2.76. The van der Waals surface area contributed by atoms with Crippen LogP contribution >= 0.6 is 0 Å². The second-order valence-electron chi connectivity index (χ2n) is 6.47. The van der Waals surface area contributed by atoms with Gasteiger partial charge in [-0.2, -0.15) is 0 Å². The molecular weight excluding hydrogens is 252 g/mol. The number of rotatable bonds is 9. The van der Waals surface area contributed by atoms with Gasteiger partial charge in [0.2, 0.25) is 8.32 Å². The summed E-state index contributed by atoms with van der Waals surface area (Å²) in [7, 11) is -1.90. The topological polar surface area (TPSA) is 29.5 Å². The van der Waals surface area contributed by atoms with Gasteiger partial charge in [0.05, 0.1) is 12.2 Å². The van der Waals surface area contributed by atoms with E-state index in [-0.39, 0.29) is 6.10 Å². The summed E-state index contributed by atoms with van der Waals surface area (Å²) < 4.78 is 6.63. The van der Waals surface area contributed by atoms with Crippen molar-refractivity contribution in [3.8, 4) is 0 Å². The molecule has 0 amide bonds. The van der Waals surface area contributed by atoms with Crippen molar-refractivity contribution in [2.45, 2.75) is 90.1 Å². The third-order valence-corrected chi connectivity index (χ3v) is 10.4. The molecule has 0 unspecified atom stereocenters. The van der Waals surface area contributed by atoms with Crippen molar-refractivity contribution in [2.75, 3.05) is 0 Å². The van der Waals surface area contributed by atoms with Gasteiger partial charge in [0.1, 0.15) is 0 Å². The van der Waals surface area contributed by atoms with Gasteiger partial charge in [0.25, 0.3) is 0 Å². The van der Waals surface area contributed by atoms with Crippen LogP contribution in [0.2, 0.25) is 16.6 Å². The maximum atomic E-state index is 10.2. The van der Waals surface area contributed by atoms with Gasteiger partial charge in [-0.25, -0.2) is 0 Å². The Balaban J connectivity index is 5.23. The normalized spacial score (nSPS) is 16.2. The summed E-state index contributed by atoms with van der Waals surface area (Å²) in [5.41, 5.74) is 1.66. The summed E-state index contributed by atoms with van der Waals surface area (Å²) in [5.74, 6) is 0. The van der Waals surface area contributed by atoms with Crippen molar-refractivity contribution >= 4 is 8.32 Å². The Hall–Kier alpha value is -0.123. The molecule has 0 aliphatic rings. The Morgan fingerprint density at radius 3 is 1.74 bits per heavy atom. The van der Waals surface area contributed by atoms with Crippen LogP contribution in [-0.2, 0) is 4.43 Å². The average Bonchev–Trinajstić information content (AvgIpc) is 2.29. The van der Waals surface area contributed by atoms with Crippen LogP contribution in [0, 0.1) is 0 Å². The minimum absolute atomic E-state index is 0.0585. The summed E-state index contributed by atoms with van der Waals surface area (Å²) in [6.45, 7) is 19.5. The number of aliphatic hydroxyl groups is 1. The molecule has 0 heterocycles. The van der Waals surface area contributed by atoms with Crippen LogP contribution in [0.5, 0.6) is 0 Å². The smallest absolute Gasteiger partial charge is 0.200 e. The molecule has 0 aromatic carbocycles. The number of aliphatic hydroxyl groups excluding tert-OH is 1. The van der Waals surface area contributed by atoms with E-state index in [0.717, 1.165) is 6.42 Å². The van der Waals surface area contributed by atoms with E-state index in [1.807, 2.05) is 0 Å². The molecular formula is C16H34O2Si. The van der Waals surface area contributed by atoms with Crippen LogP contribution in [0.3, 0.4) is 0 Å². The molecule has 2 atom stereocenters. The van der Waals surface area contributed by atoms with Crippen LogP contribution in [0.1, 0.15) is 61.3 Å². The van der Waals surface area contributed by atoms with Crippen molar-refractivity contribution in [1.82, 2.24) is 0 Å². The zero-order chi connectivity index (χ0) is 15.2. The van der Waals surface area contributed by atoms with Crippen LogP contribution in [0.4, 0.5) is 0 Å². The maximum absolute atomic E-state index is 10.2. The van der Waals surface area contributed by atoms with Gasteiger partial charge >= 0.3 is 0 Å². The fourth-order valence-corrected chi connectivity index (χ4v) is 9.09. The zero-order valence-corrected chi connectivity index (χ0v) is 14.9. The quantitative estimate of drug-likeness (QED) is 0.483. The summed E-state index contributed by atoms with van der Waals surface area (Å²) in [6, 6.07) is 0. The molecule has 3 heteroatoms. The molecule has 19 heavy (non-hydrogen) atoms. The highest BCUT2D eigenvalue weighted by atomic mass is 28.4. The summed E-state index contributed by atoms with van der Waals surface area (Å²) in [5, 5.41) is 10.2. The number of hydrogen-bond acceptors (Lipinski definition) is 2. The molecule has 0 saturated heterocycles. The van der Waals surface area contributed by atoms with E-state index in [1.165, 1.54) is 0 Å². The lowest BCUT2D eigenvalue weighted by Crippen LogP contribution is -2.52. The van der Waals surface area contributed by atoms with Gasteiger partial charge in [0, 0.05) is 0 Å². The predicted octanol–water partition coefficient (Wildman–Crippen LogP) is 4.89. The van der Waals surface area contributed by atoms with E-state index < -0.39 is 14.4 Å². The molecule has 114 valence electrons. The van der Waals surface area contributed by atoms with E-state index in [0.29, 0.717) is 23.0 Å². The fraction of sp³-hybridized carbons (Fsp3) is 0.875. The van der Waals surface area contributed by atoms with E-state index in [4.69, 9.17) is 4.43 Å². The maximum Gasteiger partial charge on any atom is 0.200 e. The highest BCUT2D eigenvalue weighted by Gasteiger charge is 2.47. The van der Waals surface area contributed by atoms with Crippen molar-refractivity contribution in [2.24, 2.45) is 0 Å². The van der Waals surface area contributed by atoms with E-state index in [9.17, 15) is 5.11 Å². The van der Waals surface area contributed by atoms with Gasteiger partial charge < -0.3 is 9.53 Å². The van der Waals surface area contributed by atoms with Gasteiger partial charge in [-0.05, 0) is 29.5 Å². The van der Waals surface area contributed by atoms with Crippen LogP contribution in [-0.4, -0.2) is 25.6 Å². The third-order valence-electron chi connectivity index (χ3n) is 4.30. The molecule has 1 N–H and O–H groups in total. The summed E-state index contributed by atoms with van der Waals surface area (Å²) >= 11 is 0. The minimum atomic E-state index is -1.90. The molecule has 0 aliphatic carbocycles. The third kappa shape index (κ3) is 4.43. The molecule has 0 spiro atoms. The average molecular weight is 287 g/mol. The number of hydrogen-bond donors (Lipinski definition) is 1. The van der Waals surface area contributed by atoms with Crippen molar-refractivity contribution in [3.63, 3.8) is 0 Å². The lowest BCUT2D eigenvalue weighted by Gasteiger charge is -2.45. The predicted molar refractivity (Wildman–Crippen MR) is 87.0 cm³/mol. The Kier molecular flexibility index (Phi) is 8.17. The molecule has 0 bridgehead atoms. The van der Waals surface area contributed by atoms with E-state index in [1.54, 1.807) is 6.08 Å². The highest BCUT2D eigenvalue weighted by molar-refractivity contribution is 6.77. The molecule has 0 aliphatic heterocycles. The van der Waals surface area contributed by atoms with Crippen LogP contribution < -0.4 is 0 Å². The van der Waals surface area contributed by atoms with Gasteiger partial charge in [-0.3, -0.25) is 0 Å². The zero-order valence-electron chi connectivity index (χ0n) is 13.9. The molecule has 0 fully saturated rings. The first kappa shape index (κ1) is 18.9. The van der Waals surface area contributed by atoms with Crippen LogP contribution in [0.25, 0.3) is 0 Å². The standard InChI is InChI=1S/C16H34O2Si/c1-9-11-15(17)16(10-2)18-19(12(3)4,13(5)6)14(7)8/h9,12-17H,1,10-11H2,2-8H3/t15-,16-/m1/s1. The Morgan fingerprint density at radius 2 is 1.47 bits per heavy atom. The molecule has 0 radical (unpaired) electrons. The molecule has 0 aromatic rings. The van der Waals surface area contributed by atoms with Gasteiger partial charge in [-0.15, -0.1) is 6.58 Å². The first-order chi connectivity index (χ1) is 8.73. The van der Waals surface area contributed by atoms with E-state index >= 15 is 0 Å². The van der Waals surface area contributed by atoms with E-state index in [2.05, 4.69) is 55.0 Å². The lowest BCUT2D eigenvalue weighted by atomic mass is 10.1. The summed E-state index contributed by atoms with van der Waals surface area (Å²) in [4.78, 5) is 0. The SMILES string of the molecule is C=CC[C@@H](O)[C@@H](CC)O[Si](C(C)C)(C(C)C)C(C)C. The Labute approximate surface area is 121 Å². The monoisotopic (exact) mass is 286 g/mol. The molecule has 0 saturated carbocycles. The second-order valence-corrected chi connectivity index (χ2v) is 11.9. The minimum Gasteiger partial charge on any atom is -0.411 e. The van der Waals surface area contributed by atoms with Crippen molar-refractivity contribution in [3.05, 3.63) is 12.7 Å². The molecule has 2 nitrogen and oxygen atoms in total. The van der Waals surface area contributed by atoms with Crippen molar-refractivity contribution in [1.29, 1.82) is 0 Å². The lowest BCUT2D eigenvalue weighted by molar-refractivity contribution is 0.0250. The first-order valence-electron chi connectivity index (χ1n) is 7.70. The highest BCUT2D eigenvalue weighted by Crippen LogP contribution is 2.43. The Morgan fingerprint density at radius 1 is 1.05 bits per heavy atom.